The number of benzene rings is 1. The van der Waals surface area contributed by atoms with Gasteiger partial charge in [-0.2, -0.15) is 0 Å². The summed E-state index contributed by atoms with van der Waals surface area (Å²) in [6.07, 6.45) is 2.46. The fraction of sp³-hybridized carbons (Fsp3) is 0.500. The molecule has 0 bridgehead atoms. The Bertz CT molecular complexity index is 298. The van der Waals surface area contributed by atoms with E-state index in [9.17, 15) is 0 Å². The molecule has 1 aromatic rings. The SMILES string of the molecule is [Cl-].[Cl-].[Ti+2][N]1CCCNCCC1c1ccccc1. The van der Waals surface area contributed by atoms with E-state index in [-0.39, 0.29) is 24.8 Å². The van der Waals surface area contributed by atoms with Crippen molar-refractivity contribution in [2.75, 3.05) is 19.6 Å². The number of nitrogens with one attached hydrogen (secondary N) is 1. The van der Waals surface area contributed by atoms with Gasteiger partial charge in [0.1, 0.15) is 0 Å². The molecular weight excluding hydrogens is 291 g/mol. The van der Waals surface area contributed by atoms with Gasteiger partial charge >= 0.3 is 104 Å². The van der Waals surface area contributed by atoms with Gasteiger partial charge in [-0.15, -0.1) is 0 Å². The number of halogens is 2. The van der Waals surface area contributed by atoms with Crippen molar-refractivity contribution in [1.29, 1.82) is 0 Å². The van der Waals surface area contributed by atoms with Crippen molar-refractivity contribution in [1.82, 2.24) is 8.70 Å². The first-order valence-electron chi connectivity index (χ1n) is 5.61. The van der Waals surface area contributed by atoms with Crippen LogP contribution in [0.3, 0.4) is 0 Å². The molecule has 0 saturated carbocycles. The predicted octanol–water partition coefficient (Wildman–Crippen LogP) is -4.12. The topological polar surface area (TPSA) is 15.3 Å². The molecule has 2 rings (SSSR count). The van der Waals surface area contributed by atoms with Crippen LogP contribution in [0.5, 0.6) is 0 Å². The fourth-order valence-corrected chi connectivity index (χ4v) is 2.75. The Morgan fingerprint density at radius 3 is 2.53 bits per heavy atom. The van der Waals surface area contributed by atoms with Gasteiger partial charge in [0.15, 0.2) is 0 Å². The fourth-order valence-electron chi connectivity index (χ4n) is 2.07. The standard InChI is InChI=1S/C12H17N2.2ClH.Ti/c1-2-5-11(6-3-1)12-7-10-13-8-4-9-14-12;;;/h1-3,5-6,12-13H,4,7-10H2;2*1H;/q-1;;;+3/p-2. The Hall–Kier alpha value is 0.434. The number of nitrogens with zero attached hydrogens (tertiary/aromatic N) is 1. The molecule has 0 radical (unpaired) electrons. The van der Waals surface area contributed by atoms with Crippen LogP contribution in [0, 0.1) is 0 Å². The summed E-state index contributed by atoms with van der Waals surface area (Å²) in [4.78, 5) is 0. The predicted molar refractivity (Wildman–Crippen MR) is 58.0 cm³/mol. The van der Waals surface area contributed by atoms with Crippen molar-refractivity contribution < 1.29 is 45.5 Å². The molecule has 93 valence electrons. The second-order valence-electron chi connectivity index (χ2n) is 4.01. The first-order chi connectivity index (χ1) is 7.38. The monoisotopic (exact) mass is 307 g/mol. The summed E-state index contributed by atoms with van der Waals surface area (Å²) in [6.45, 7) is 3.47. The zero-order chi connectivity index (χ0) is 10.5. The Morgan fingerprint density at radius 2 is 1.82 bits per heavy atom. The summed E-state index contributed by atoms with van der Waals surface area (Å²) in [5.41, 5.74) is 1.45. The minimum absolute atomic E-state index is 0. The van der Waals surface area contributed by atoms with Gasteiger partial charge in [-0.25, -0.2) is 0 Å². The Labute approximate surface area is 128 Å². The molecule has 1 N–H and O–H groups in total. The van der Waals surface area contributed by atoms with Gasteiger partial charge in [0, 0.05) is 0 Å². The van der Waals surface area contributed by atoms with Crippen LogP contribution < -0.4 is 30.1 Å². The van der Waals surface area contributed by atoms with Crippen LogP contribution in [0.15, 0.2) is 30.3 Å². The summed E-state index contributed by atoms with van der Waals surface area (Å²) in [6, 6.07) is 11.4. The van der Waals surface area contributed by atoms with Crippen LogP contribution in [-0.4, -0.2) is 23.0 Å². The molecule has 0 amide bonds. The molecule has 1 unspecified atom stereocenters. The van der Waals surface area contributed by atoms with Gasteiger partial charge in [-0.3, -0.25) is 0 Å². The molecule has 0 aliphatic carbocycles. The van der Waals surface area contributed by atoms with Crippen LogP contribution in [0.4, 0.5) is 0 Å². The molecule has 1 atom stereocenters. The molecule has 1 aliphatic rings. The van der Waals surface area contributed by atoms with Crippen molar-refractivity contribution in [3.05, 3.63) is 35.9 Å². The van der Waals surface area contributed by atoms with Gasteiger partial charge in [0.25, 0.3) is 0 Å². The molecule has 2 nitrogen and oxygen atoms in total. The number of hydrogen-bond donors (Lipinski definition) is 1. The third kappa shape index (κ3) is 5.29. The van der Waals surface area contributed by atoms with Gasteiger partial charge in [-0.05, 0) is 0 Å². The van der Waals surface area contributed by atoms with Crippen LogP contribution >= 0.6 is 0 Å². The van der Waals surface area contributed by atoms with E-state index in [1.807, 2.05) is 0 Å². The third-order valence-corrected chi connectivity index (χ3v) is 3.74. The van der Waals surface area contributed by atoms with E-state index < -0.39 is 0 Å². The second kappa shape index (κ2) is 9.38. The van der Waals surface area contributed by atoms with E-state index in [0.717, 1.165) is 13.1 Å². The van der Waals surface area contributed by atoms with Gasteiger partial charge in [-0.1, -0.05) is 0 Å². The van der Waals surface area contributed by atoms with Gasteiger partial charge < -0.3 is 24.8 Å². The molecule has 0 aromatic heterocycles. The quantitative estimate of drug-likeness (QED) is 0.531. The van der Waals surface area contributed by atoms with Crippen LogP contribution in [0.2, 0.25) is 0 Å². The third-order valence-electron chi connectivity index (χ3n) is 2.91. The van der Waals surface area contributed by atoms with E-state index in [2.05, 4.69) is 59.7 Å². The van der Waals surface area contributed by atoms with E-state index in [0.29, 0.717) is 6.04 Å². The molecule has 5 heteroatoms. The first kappa shape index (κ1) is 17.4. The summed E-state index contributed by atoms with van der Waals surface area (Å²) in [5, 5.41) is 3.48. The van der Waals surface area contributed by atoms with Crippen LogP contribution in [-0.2, 0) is 20.7 Å². The molecule has 1 aromatic carbocycles. The van der Waals surface area contributed by atoms with E-state index in [1.54, 1.807) is 0 Å². The van der Waals surface area contributed by atoms with Gasteiger partial charge in [0.05, 0.1) is 0 Å². The maximum atomic E-state index is 3.48. The molecule has 1 fully saturated rings. The van der Waals surface area contributed by atoms with Crippen molar-refractivity contribution in [3.63, 3.8) is 0 Å². The summed E-state index contributed by atoms with van der Waals surface area (Å²) < 4.78 is 2.48. The van der Waals surface area contributed by atoms with E-state index >= 15 is 0 Å². The van der Waals surface area contributed by atoms with Crippen LogP contribution in [0.1, 0.15) is 24.4 Å². The summed E-state index contributed by atoms with van der Waals surface area (Å²) in [5.74, 6) is 0. The first-order valence-corrected chi connectivity index (χ1v) is 6.31. The Balaban J connectivity index is 0.00000128. The maximum absolute atomic E-state index is 3.48. The zero-order valence-electron chi connectivity index (χ0n) is 9.70. The van der Waals surface area contributed by atoms with Gasteiger partial charge in [0.2, 0.25) is 0 Å². The minimum atomic E-state index is 0. The van der Waals surface area contributed by atoms with Crippen molar-refractivity contribution in [2.24, 2.45) is 0 Å². The average molecular weight is 308 g/mol. The normalized spacial score (nSPS) is 21.6. The molecule has 0 spiro atoms. The Kier molecular flexibility index (Phi) is 9.62. The van der Waals surface area contributed by atoms with Crippen molar-refractivity contribution in [3.8, 4) is 0 Å². The molecule has 17 heavy (non-hydrogen) atoms. The van der Waals surface area contributed by atoms with E-state index in [1.165, 1.54) is 24.9 Å². The van der Waals surface area contributed by atoms with E-state index in [4.69, 9.17) is 0 Å². The Morgan fingerprint density at radius 1 is 1.12 bits per heavy atom. The molecular formula is C12H17Cl2N2Ti. The van der Waals surface area contributed by atoms with Crippen molar-refractivity contribution in [2.45, 2.75) is 18.9 Å². The zero-order valence-corrected chi connectivity index (χ0v) is 12.8. The number of rotatable bonds is 1. The average Bonchev–Trinajstić information content (AvgIpc) is 2.25. The summed E-state index contributed by atoms with van der Waals surface area (Å²) in [7, 11) is 0. The van der Waals surface area contributed by atoms with Crippen molar-refractivity contribution >= 4 is 0 Å². The molecule has 1 aliphatic heterocycles. The number of hydrogen-bond acceptors (Lipinski definition) is 2. The van der Waals surface area contributed by atoms with Crippen LogP contribution in [0.25, 0.3) is 0 Å². The molecule has 1 saturated heterocycles. The molecule has 1 heterocycles. The second-order valence-corrected chi connectivity index (χ2v) is 4.91. The summed E-state index contributed by atoms with van der Waals surface area (Å²) >= 11 is 2.24.